The molecule has 126 valence electrons. The van der Waals surface area contributed by atoms with Crippen molar-refractivity contribution >= 4 is 23.3 Å². The van der Waals surface area contributed by atoms with Crippen molar-refractivity contribution in [3.05, 3.63) is 52.2 Å². The molecule has 1 aromatic carbocycles. The number of hydrogen-bond donors (Lipinski definition) is 2. The summed E-state index contributed by atoms with van der Waals surface area (Å²) >= 11 is 6.05. The number of pyridine rings is 1. The van der Waals surface area contributed by atoms with Gasteiger partial charge in [0.15, 0.2) is 0 Å². The lowest BCUT2D eigenvalue weighted by molar-refractivity contribution is 0.0791. The van der Waals surface area contributed by atoms with E-state index in [0.29, 0.717) is 29.5 Å². The van der Waals surface area contributed by atoms with E-state index in [0.717, 1.165) is 17.5 Å². The summed E-state index contributed by atoms with van der Waals surface area (Å²) < 4.78 is 0. The molecule has 2 aromatic rings. The van der Waals surface area contributed by atoms with E-state index >= 15 is 0 Å². The fourth-order valence-corrected chi connectivity index (χ4v) is 3.32. The molecule has 0 bridgehead atoms. The number of benzene rings is 1. The van der Waals surface area contributed by atoms with Gasteiger partial charge in [0, 0.05) is 37.3 Å². The molecule has 1 aliphatic heterocycles. The van der Waals surface area contributed by atoms with Crippen LogP contribution in [-0.4, -0.2) is 41.0 Å². The number of phenols is 1. The Kier molecular flexibility index (Phi) is 4.62. The van der Waals surface area contributed by atoms with E-state index in [2.05, 4.69) is 10.3 Å². The molecule has 0 aliphatic carbocycles. The summed E-state index contributed by atoms with van der Waals surface area (Å²) in [5.74, 6) is 0.845. The molecule has 6 heteroatoms. The van der Waals surface area contributed by atoms with Crippen LogP contribution >= 0.6 is 11.6 Å². The van der Waals surface area contributed by atoms with E-state index in [1.807, 2.05) is 17.9 Å². The summed E-state index contributed by atoms with van der Waals surface area (Å²) in [4.78, 5) is 18.8. The van der Waals surface area contributed by atoms with Crippen LogP contribution in [0.5, 0.6) is 5.75 Å². The zero-order valence-corrected chi connectivity index (χ0v) is 14.5. The van der Waals surface area contributed by atoms with Gasteiger partial charge in [-0.25, -0.2) is 4.98 Å². The van der Waals surface area contributed by atoms with Gasteiger partial charge in [-0.2, -0.15) is 0 Å². The minimum absolute atomic E-state index is 0.0416. The first-order chi connectivity index (χ1) is 11.5. The first-order valence-electron chi connectivity index (χ1n) is 7.92. The van der Waals surface area contributed by atoms with Crippen LogP contribution in [0, 0.1) is 6.92 Å². The Labute approximate surface area is 146 Å². The third-order valence-electron chi connectivity index (χ3n) is 4.50. The molecule has 1 aromatic heterocycles. The van der Waals surface area contributed by atoms with Crippen molar-refractivity contribution in [2.45, 2.75) is 19.3 Å². The molecule has 24 heavy (non-hydrogen) atoms. The highest BCUT2D eigenvalue weighted by atomic mass is 35.5. The van der Waals surface area contributed by atoms with Gasteiger partial charge in [0.1, 0.15) is 11.6 Å². The minimum Gasteiger partial charge on any atom is -0.508 e. The Morgan fingerprint density at radius 3 is 3.00 bits per heavy atom. The normalized spacial score (nSPS) is 17.1. The SMILES string of the molecule is CNc1ncccc1C(=O)N1CCC(c2cc(C)c(Cl)cc2O)C1. The van der Waals surface area contributed by atoms with Crippen LogP contribution in [0.25, 0.3) is 0 Å². The van der Waals surface area contributed by atoms with E-state index in [1.54, 1.807) is 31.4 Å². The van der Waals surface area contributed by atoms with Gasteiger partial charge < -0.3 is 15.3 Å². The number of carbonyl (C=O) groups excluding carboxylic acids is 1. The minimum atomic E-state index is -0.0416. The molecule has 1 atom stereocenters. The van der Waals surface area contributed by atoms with E-state index in [1.165, 1.54) is 0 Å². The standard InChI is InChI=1S/C18H20ClN3O2/c1-11-8-14(16(23)9-15(11)19)12-5-7-22(10-12)18(24)13-4-3-6-21-17(13)20-2/h3-4,6,8-9,12,23H,5,7,10H2,1-2H3,(H,20,21). The number of aromatic nitrogens is 1. The zero-order valence-electron chi connectivity index (χ0n) is 13.7. The quantitative estimate of drug-likeness (QED) is 0.894. The van der Waals surface area contributed by atoms with Crippen molar-refractivity contribution in [3.8, 4) is 5.75 Å². The number of aromatic hydroxyl groups is 1. The van der Waals surface area contributed by atoms with E-state index in [4.69, 9.17) is 11.6 Å². The molecule has 0 radical (unpaired) electrons. The Balaban J connectivity index is 1.81. The predicted octanol–water partition coefficient (Wildman–Crippen LogP) is 3.42. The van der Waals surface area contributed by atoms with Gasteiger partial charge in [0.2, 0.25) is 0 Å². The van der Waals surface area contributed by atoms with E-state index < -0.39 is 0 Å². The summed E-state index contributed by atoms with van der Waals surface area (Å²) in [7, 11) is 1.75. The molecule has 1 amide bonds. The molecule has 0 saturated carbocycles. The lowest BCUT2D eigenvalue weighted by atomic mass is 9.96. The monoisotopic (exact) mass is 345 g/mol. The second-order valence-electron chi connectivity index (χ2n) is 6.05. The summed E-state index contributed by atoms with van der Waals surface area (Å²) in [6.45, 7) is 3.14. The predicted molar refractivity (Wildman–Crippen MR) is 94.9 cm³/mol. The van der Waals surface area contributed by atoms with Crippen LogP contribution in [0.1, 0.15) is 33.8 Å². The number of phenolic OH excluding ortho intramolecular Hbond substituents is 1. The van der Waals surface area contributed by atoms with Crippen LogP contribution in [0.3, 0.4) is 0 Å². The summed E-state index contributed by atoms with van der Waals surface area (Å²) in [6.07, 6.45) is 2.47. The first kappa shape index (κ1) is 16.6. The third-order valence-corrected chi connectivity index (χ3v) is 4.91. The van der Waals surface area contributed by atoms with Gasteiger partial charge in [0.25, 0.3) is 5.91 Å². The second-order valence-corrected chi connectivity index (χ2v) is 6.45. The average molecular weight is 346 g/mol. The number of amides is 1. The Morgan fingerprint density at radius 2 is 2.25 bits per heavy atom. The fourth-order valence-electron chi connectivity index (χ4n) is 3.17. The fraction of sp³-hybridized carbons (Fsp3) is 0.333. The maximum Gasteiger partial charge on any atom is 0.257 e. The summed E-state index contributed by atoms with van der Waals surface area (Å²) in [5, 5.41) is 13.7. The number of likely N-dealkylation sites (tertiary alicyclic amines) is 1. The third kappa shape index (κ3) is 3.04. The maximum absolute atomic E-state index is 12.8. The molecule has 5 nitrogen and oxygen atoms in total. The number of halogens is 1. The van der Waals surface area contributed by atoms with Crippen molar-refractivity contribution < 1.29 is 9.90 Å². The molecule has 3 rings (SSSR count). The number of aryl methyl sites for hydroxylation is 1. The average Bonchev–Trinajstić information content (AvgIpc) is 3.07. The van der Waals surface area contributed by atoms with Crippen LogP contribution in [0.15, 0.2) is 30.5 Å². The Bertz CT molecular complexity index is 779. The number of hydrogen-bond acceptors (Lipinski definition) is 4. The van der Waals surface area contributed by atoms with Gasteiger partial charge in [-0.3, -0.25) is 4.79 Å². The van der Waals surface area contributed by atoms with Crippen LogP contribution in [0.2, 0.25) is 5.02 Å². The van der Waals surface area contributed by atoms with Crippen molar-refractivity contribution in [2.24, 2.45) is 0 Å². The van der Waals surface area contributed by atoms with Crippen LogP contribution in [0.4, 0.5) is 5.82 Å². The van der Waals surface area contributed by atoms with Gasteiger partial charge in [-0.15, -0.1) is 0 Å². The zero-order chi connectivity index (χ0) is 17.3. The topological polar surface area (TPSA) is 65.5 Å². The molecule has 1 aliphatic rings. The number of anilines is 1. The van der Waals surface area contributed by atoms with Gasteiger partial charge >= 0.3 is 0 Å². The van der Waals surface area contributed by atoms with Crippen molar-refractivity contribution in [1.82, 2.24) is 9.88 Å². The smallest absolute Gasteiger partial charge is 0.257 e. The molecule has 1 saturated heterocycles. The summed E-state index contributed by atoms with van der Waals surface area (Å²) in [6, 6.07) is 7.03. The second kappa shape index (κ2) is 6.69. The van der Waals surface area contributed by atoms with Crippen molar-refractivity contribution in [3.63, 3.8) is 0 Å². The molecule has 1 fully saturated rings. The molecular formula is C18H20ClN3O2. The van der Waals surface area contributed by atoms with Crippen LogP contribution in [-0.2, 0) is 0 Å². The van der Waals surface area contributed by atoms with E-state index in [-0.39, 0.29) is 17.6 Å². The highest BCUT2D eigenvalue weighted by molar-refractivity contribution is 6.31. The number of nitrogens with zero attached hydrogens (tertiary/aromatic N) is 2. The molecular weight excluding hydrogens is 326 g/mol. The molecule has 2 heterocycles. The van der Waals surface area contributed by atoms with Crippen molar-refractivity contribution in [1.29, 1.82) is 0 Å². The summed E-state index contributed by atoms with van der Waals surface area (Å²) in [5.41, 5.74) is 2.35. The highest BCUT2D eigenvalue weighted by Gasteiger charge is 2.30. The van der Waals surface area contributed by atoms with Crippen LogP contribution < -0.4 is 5.32 Å². The van der Waals surface area contributed by atoms with Gasteiger partial charge in [-0.1, -0.05) is 17.7 Å². The number of rotatable bonds is 3. The van der Waals surface area contributed by atoms with Crippen molar-refractivity contribution in [2.75, 3.05) is 25.5 Å². The Morgan fingerprint density at radius 1 is 1.46 bits per heavy atom. The molecule has 2 N–H and O–H groups in total. The first-order valence-corrected chi connectivity index (χ1v) is 8.30. The Hall–Kier alpha value is -2.27. The lowest BCUT2D eigenvalue weighted by Crippen LogP contribution is -2.29. The maximum atomic E-state index is 12.8. The largest absolute Gasteiger partial charge is 0.508 e. The molecule has 1 unspecified atom stereocenters. The van der Waals surface area contributed by atoms with Gasteiger partial charge in [-0.05, 0) is 42.7 Å². The number of carbonyl (C=O) groups is 1. The number of nitrogens with one attached hydrogen (secondary N) is 1. The van der Waals surface area contributed by atoms with Gasteiger partial charge in [0.05, 0.1) is 5.56 Å². The highest BCUT2D eigenvalue weighted by Crippen LogP contribution is 2.36. The lowest BCUT2D eigenvalue weighted by Gasteiger charge is -2.19. The van der Waals surface area contributed by atoms with E-state index in [9.17, 15) is 9.90 Å². The molecule has 0 spiro atoms.